The molecule has 2 rings (SSSR count). The summed E-state index contributed by atoms with van der Waals surface area (Å²) in [4.78, 5) is 24.1. The number of nitrogens with one attached hydrogen (secondary N) is 2. The van der Waals surface area contributed by atoms with Crippen LogP contribution in [0.15, 0.2) is 36.4 Å². The fraction of sp³-hybridized carbons (Fsp3) is 0.474. The second-order valence-electron chi connectivity index (χ2n) is 6.20. The van der Waals surface area contributed by atoms with E-state index in [9.17, 15) is 9.59 Å². The van der Waals surface area contributed by atoms with Crippen molar-refractivity contribution in [2.75, 3.05) is 5.32 Å². The van der Waals surface area contributed by atoms with Crippen LogP contribution in [0.1, 0.15) is 45.1 Å². The minimum absolute atomic E-state index is 0.00212. The molecule has 23 heavy (non-hydrogen) atoms. The second-order valence-corrected chi connectivity index (χ2v) is 6.20. The molecule has 0 aliphatic heterocycles. The average Bonchev–Trinajstić information content (AvgIpc) is 2.60. The van der Waals surface area contributed by atoms with Crippen molar-refractivity contribution in [1.29, 1.82) is 0 Å². The van der Waals surface area contributed by atoms with Gasteiger partial charge in [0.25, 0.3) is 0 Å². The molecule has 1 aliphatic carbocycles. The zero-order valence-electron chi connectivity index (χ0n) is 14.0. The average molecular weight is 314 g/mol. The summed E-state index contributed by atoms with van der Waals surface area (Å²) in [7, 11) is 0. The highest BCUT2D eigenvalue weighted by Gasteiger charge is 2.18. The Morgan fingerprint density at radius 1 is 1.30 bits per heavy atom. The van der Waals surface area contributed by atoms with E-state index in [1.165, 1.54) is 0 Å². The third kappa shape index (κ3) is 5.23. The maximum absolute atomic E-state index is 12.1. The SMILES string of the molecule is CC[C@H](C)C(=O)Nc1cccc(CNC(=O)[C@@H]2CC=CCC2)c1. The van der Waals surface area contributed by atoms with Gasteiger partial charge in [0, 0.05) is 24.1 Å². The van der Waals surface area contributed by atoms with Gasteiger partial charge in [0.2, 0.25) is 11.8 Å². The molecule has 1 aromatic carbocycles. The molecular weight excluding hydrogens is 288 g/mol. The number of amides is 2. The van der Waals surface area contributed by atoms with Crippen molar-refractivity contribution in [3.8, 4) is 0 Å². The zero-order chi connectivity index (χ0) is 16.7. The normalized spacial score (nSPS) is 18.3. The minimum Gasteiger partial charge on any atom is -0.352 e. The number of carbonyl (C=O) groups excluding carboxylic acids is 2. The highest BCUT2D eigenvalue weighted by atomic mass is 16.2. The molecule has 0 spiro atoms. The molecule has 124 valence electrons. The summed E-state index contributed by atoms with van der Waals surface area (Å²) < 4.78 is 0. The lowest BCUT2D eigenvalue weighted by atomic mass is 9.93. The molecular formula is C19H26N2O2. The Morgan fingerprint density at radius 2 is 2.13 bits per heavy atom. The number of hydrogen-bond acceptors (Lipinski definition) is 2. The molecule has 0 unspecified atom stereocenters. The van der Waals surface area contributed by atoms with Crippen molar-refractivity contribution in [2.45, 2.75) is 46.1 Å². The van der Waals surface area contributed by atoms with Gasteiger partial charge < -0.3 is 10.6 Å². The van der Waals surface area contributed by atoms with Gasteiger partial charge in [-0.05, 0) is 43.4 Å². The molecule has 4 nitrogen and oxygen atoms in total. The fourth-order valence-electron chi connectivity index (χ4n) is 2.58. The van der Waals surface area contributed by atoms with Crippen LogP contribution in [0, 0.1) is 11.8 Å². The molecule has 1 aliphatic rings. The van der Waals surface area contributed by atoms with E-state index in [1.807, 2.05) is 38.1 Å². The Labute approximate surface area is 138 Å². The second kappa shape index (κ2) is 8.51. The van der Waals surface area contributed by atoms with Crippen LogP contribution in [-0.2, 0) is 16.1 Å². The molecule has 0 heterocycles. The van der Waals surface area contributed by atoms with Gasteiger partial charge >= 0.3 is 0 Å². The maximum Gasteiger partial charge on any atom is 0.227 e. The van der Waals surface area contributed by atoms with E-state index in [0.29, 0.717) is 6.54 Å². The maximum atomic E-state index is 12.1. The first kappa shape index (κ1) is 17.3. The van der Waals surface area contributed by atoms with E-state index < -0.39 is 0 Å². The number of benzene rings is 1. The van der Waals surface area contributed by atoms with Gasteiger partial charge in [-0.2, -0.15) is 0 Å². The van der Waals surface area contributed by atoms with Gasteiger partial charge in [0.05, 0.1) is 0 Å². The fourth-order valence-corrected chi connectivity index (χ4v) is 2.58. The third-order valence-corrected chi connectivity index (χ3v) is 4.36. The predicted molar refractivity (Wildman–Crippen MR) is 92.9 cm³/mol. The Balaban J connectivity index is 1.88. The Kier molecular flexibility index (Phi) is 6.39. The zero-order valence-corrected chi connectivity index (χ0v) is 14.0. The summed E-state index contributed by atoms with van der Waals surface area (Å²) in [6.07, 6.45) is 7.77. The highest BCUT2D eigenvalue weighted by molar-refractivity contribution is 5.92. The number of allylic oxidation sites excluding steroid dienone is 2. The number of rotatable bonds is 6. The van der Waals surface area contributed by atoms with Gasteiger partial charge in [0.1, 0.15) is 0 Å². The van der Waals surface area contributed by atoms with E-state index in [0.717, 1.165) is 36.9 Å². The Hall–Kier alpha value is -2.10. The molecule has 2 amide bonds. The van der Waals surface area contributed by atoms with Crippen molar-refractivity contribution >= 4 is 17.5 Å². The molecule has 4 heteroatoms. The molecule has 0 saturated heterocycles. The lowest BCUT2D eigenvalue weighted by molar-refractivity contribution is -0.125. The first-order valence-electron chi connectivity index (χ1n) is 8.42. The van der Waals surface area contributed by atoms with Gasteiger partial charge in [-0.15, -0.1) is 0 Å². The van der Waals surface area contributed by atoms with Crippen LogP contribution in [0.4, 0.5) is 5.69 Å². The first-order valence-corrected chi connectivity index (χ1v) is 8.42. The van der Waals surface area contributed by atoms with E-state index in [2.05, 4.69) is 22.8 Å². The summed E-state index contributed by atoms with van der Waals surface area (Å²) >= 11 is 0. The molecule has 0 bridgehead atoms. The van der Waals surface area contributed by atoms with Crippen molar-refractivity contribution in [3.63, 3.8) is 0 Å². The monoisotopic (exact) mass is 314 g/mol. The Morgan fingerprint density at radius 3 is 2.83 bits per heavy atom. The highest BCUT2D eigenvalue weighted by Crippen LogP contribution is 2.18. The lowest BCUT2D eigenvalue weighted by Crippen LogP contribution is -2.30. The topological polar surface area (TPSA) is 58.2 Å². The molecule has 2 N–H and O–H groups in total. The smallest absolute Gasteiger partial charge is 0.227 e. The van der Waals surface area contributed by atoms with Crippen LogP contribution in [-0.4, -0.2) is 11.8 Å². The summed E-state index contributed by atoms with van der Waals surface area (Å²) in [6, 6.07) is 7.65. The summed E-state index contributed by atoms with van der Waals surface area (Å²) in [6.45, 7) is 4.40. The lowest BCUT2D eigenvalue weighted by Gasteiger charge is -2.17. The van der Waals surface area contributed by atoms with Crippen LogP contribution >= 0.6 is 0 Å². The van der Waals surface area contributed by atoms with Crippen molar-refractivity contribution in [1.82, 2.24) is 5.32 Å². The summed E-state index contributed by atoms with van der Waals surface area (Å²) in [5.74, 6) is 0.233. The first-order chi connectivity index (χ1) is 11.1. The van der Waals surface area contributed by atoms with Gasteiger partial charge in [0.15, 0.2) is 0 Å². The standard InChI is InChI=1S/C19H26N2O2/c1-3-14(2)18(22)21-17-11-7-8-15(12-17)13-20-19(23)16-9-5-4-6-10-16/h4-5,7-8,11-12,14,16H,3,6,9-10,13H2,1-2H3,(H,20,23)(H,21,22)/t14-,16+/m0/s1. The van der Waals surface area contributed by atoms with Crippen LogP contribution < -0.4 is 10.6 Å². The van der Waals surface area contributed by atoms with E-state index in [4.69, 9.17) is 0 Å². The van der Waals surface area contributed by atoms with Crippen LogP contribution in [0.25, 0.3) is 0 Å². The molecule has 0 fully saturated rings. The number of anilines is 1. The van der Waals surface area contributed by atoms with Gasteiger partial charge in [-0.1, -0.05) is 38.1 Å². The molecule has 2 atom stereocenters. The molecule has 0 saturated carbocycles. The molecule has 0 aromatic heterocycles. The van der Waals surface area contributed by atoms with Crippen LogP contribution in [0.2, 0.25) is 0 Å². The summed E-state index contributed by atoms with van der Waals surface area (Å²) in [5, 5.41) is 5.92. The molecule has 1 aromatic rings. The Bertz CT molecular complexity index is 580. The number of hydrogen-bond donors (Lipinski definition) is 2. The quantitative estimate of drug-likeness (QED) is 0.788. The van der Waals surface area contributed by atoms with E-state index in [1.54, 1.807) is 0 Å². The van der Waals surface area contributed by atoms with Gasteiger partial charge in [-0.3, -0.25) is 9.59 Å². The minimum atomic E-state index is -0.00212. The predicted octanol–water partition coefficient (Wildman–Crippen LogP) is 3.64. The summed E-state index contributed by atoms with van der Waals surface area (Å²) in [5.41, 5.74) is 1.77. The van der Waals surface area contributed by atoms with Crippen LogP contribution in [0.3, 0.4) is 0 Å². The largest absolute Gasteiger partial charge is 0.352 e. The van der Waals surface area contributed by atoms with Crippen molar-refractivity contribution in [2.24, 2.45) is 11.8 Å². The van der Waals surface area contributed by atoms with Gasteiger partial charge in [-0.25, -0.2) is 0 Å². The van der Waals surface area contributed by atoms with E-state index in [-0.39, 0.29) is 23.7 Å². The van der Waals surface area contributed by atoms with Crippen LogP contribution in [0.5, 0.6) is 0 Å². The third-order valence-electron chi connectivity index (χ3n) is 4.36. The van der Waals surface area contributed by atoms with Crippen molar-refractivity contribution < 1.29 is 9.59 Å². The number of carbonyl (C=O) groups is 2. The van der Waals surface area contributed by atoms with Crippen molar-refractivity contribution in [3.05, 3.63) is 42.0 Å². The van der Waals surface area contributed by atoms with E-state index >= 15 is 0 Å². The molecule has 0 radical (unpaired) electrons.